The normalized spacial score (nSPS) is 22.7. The summed E-state index contributed by atoms with van der Waals surface area (Å²) < 4.78 is 20.9. The summed E-state index contributed by atoms with van der Waals surface area (Å²) in [5, 5.41) is 0.742. The quantitative estimate of drug-likeness (QED) is 0.445. The highest BCUT2D eigenvalue weighted by Gasteiger charge is 2.42. The van der Waals surface area contributed by atoms with Crippen molar-refractivity contribution < 1.29 is 14.2 Å². The molecule has 0 aliphatic carbocycles. The summed E-state index contributed by atoms with van der Waals surface area (Å²) in [6.45, 7) is 3.78. The van der Waals surface area contributed by atoms with Crippen LogP contribution >= 0.6 is 11.6 Å². The van der Waals surface area contributed by atoms with Crippen LogP contribution in [0.4, 0.5) is 5.69 Å². The molecular formula is C26H30ClN3O3. The fraction of sp³-hybridized carbons (Fsp3) is 0.423. The molecule has 0 unspecified atom stereocenters. The summed E-state index contributed by atoms with van der Waals surface area (Å²) in [6.07, 6.45) is 9.45. The molecule has 2 aliphatic rings. The molecule has 0 saturated carbocycles. The molecule has 33 heavy (non-hydrogen) atoms. The van der Waals surface area contributed by atoms with Crippen LogP contribution in [0.15, 0.2) is 67.3 Å². The Hall–Kier alpha value is -2.54. The largest absolute Gasteiger partial charge is 0.491 e. The number of imidazole rings is 1. The van der Waals surface area contributed by atoms with Crippen LogP contribution in [0.2, 0.25) is 5.02 Å². The SMILES string of the molecule is Clc1ccc(CC[C@]2(Cn3ccnc3)OC[C@@H](COc3cccc(N4CCCC4)c3)O2)cc1. The maximum Gasteiger partial charge on any atom is 0.187 e. The van der Waals surface area contributed by atoms with Gasteiger partial charge in [0.1, 0.15) is 18.5 Å². The smallest absolute Gasteiger partial charge is 0.187 e. The van der Waals surface area contributed by atoms with Crippen LogP contribution in [0.3, 0.4) is 0 Å². The molecule has 2 aliphatic heterocycles. The maximum absolute atomic E-state index is 6.49. The van der Waals surface area contributed by atoms with Crippen molar-refractivity contribution >= 4 is 17.3 Å². The van der Waals surface area contributed by atoms with Gasteiger partial charge in [-0.2, -0.15) is 0 Å². The third kappa shape index (κ3) is 5.69. The monoisotopic (exact) mass is 467 g/mol. The fourth-order valence-electron chi connectivity index (χ4n) is 4.57. The summed E-state index contributed by atoms with van der Waals surface area (Å²) in [5.74, 6) is 0.155. The second kappa shape index (κ2) is 10.2. The predicted molar refractivity (Wildman–Crippen MR) is 129 cm³/mol. The molecule has 2 saturated heterocycles. The second-order valence-corrected chi connectivity index (χ2v) is 9.26. The number of aryl methyl sites for hydroxylation is 1. The van der Waals surface area contributed by atoms with Crippen LogP contribution in [0, 0.1) is 0 Å². The first-order valence-electron chi connectivity index (χ1n) is 11.7. The maximum atomic E-state index is 6.49. The van der Waals surface area contributed by atoms with Crippen molar-refractivity contribution in [2.45, 2.75) is 44.1 Å². The molecular weight excluding hydrogens is 438 g/mol. The summed E-state index contributed by atoms with van der Waals surface area (Å²) >= 11 is 6.04. The van der Waals surface area contributed by atoms with Crippen molar-refractivity contribution in [2.24, 2.45) is 0 Å². The van der Waals surface area contributed by atoms with Crippen molar-refractivity contribution in [3.63, 3.8) is 0 Å². The van der Waals surface area contributed by atoms with Gasteiger partial charge >= 0.3 is 0 Å². The highest BCUT2D eigenvalue weighted by molar-refractivity contribution is 6.30. The van der Waals surface area contributed by atoms with Gasteiger partial charge in [0.15, 0.2) is 5.79 Å². The van der Waals surface area contributed by atoms with E-state index < -0.39 is 5.79 Å². The third-order valence-electron chi connectivity index (χ3n) is 6.33. The Morgan fingerprint density at radius 2 is 1.97 bits per heavy atom. The highest BCUT2D eigenvalue weighted by Crippen LogP contribution is 2.32. The molecule has 2 aromatic carbocycles. The minimum absolute atomic E-state index is 0.130. The zero-order valence-corrected chi connectivity index (χ0v) is 19.5. The minimum Gasteiger partial charge on any atom is -0.491 e. The van der Waals surface area contributed by atoms with Crippen LogP contribution in [0.25, 0.3) is 0 Å². The molecule has 0 spiro atoms. The van der Waals surface area contributed by atoms with Crippen LogP contribution in [-0.4, -0.2) is 47.7 Å². The Morgan fingerprint density at radius 1 is 1.12 bits per heavy atom. The van der Waals surface area contributed by atoms with Crippen molar-refractivity contribution in [1.29, 1.82) is 0 Å². The Balaban J connectivity index is 1.22. The van der Waals surface area contributed by atoms with Gasteiger partial charge in [-0.3, -0.25) is 0 Å². The Bertz CT molecular complexity index is 1020. The van der Waals surface area contributed by atoms with Gasteiger partial charge in [0.2, 0.25) is 0 Å². The molecule has 6 nitrogen and oxygen atoms in total. The average Bonchev–Trinajstić information content (AvgIpc) is 3.61. The second-order valence-electron chi connectivity index (χ2n) is 8.83. The first kappa shape index (κ1) is 22.3. The first-order valence-corrected chi connectivity index (χ1v) is 12.1. The standard InChI is InChI=1S/C26H30ClN3O3/c27-22-8-6-21(7-9-22)10-11-26(19-29-15-12-28-20-29)32-18-25(33-26)17-31-24-5-3-4-23(16-24)30-13-1-2-14-30/h3-9,12,15-16,20,25H,1-2,10-11,13-14,17-19H2/t25-,26+/m1/s1. The molecule has 3 aromatic rings. The van der Waals surface area contributed by atoms with Gasteiger partial charge in [0, 0.05) is 48.7 Å². The molecule has 0 N–H and O–H groups in total. The van der Waals surface area contributed by atoms with Crippen molar-refractivity contribution in [2.75, 3.05) is 31.2 Å². The molecule has 0 radical (unpaired) electrons. The molecule has 7 heteroatoms. The van der Waals surface area contributed by atoms with Gasteiger partial charge in [0.25, 0.3) is 0 Å². The molecule has 0 amide bonds. The predicted octanol–water partition coefficient (Wildman–Crippen LogP) is 4.96. The van der Waals surface area contributed by atoms with E-state index in [9.17, 15) is 0 Å². The van der Waals surface area contributed by atoms with Crippen molar-refractivity contribution in [1.82, 2.24) is 9.55 Å². The lowest BCUT2D eigenvalue weighted by molar-refractivity contribution is -0.184. The molecule has 2 atom stereocenters. The number of halogens is 1. The summed E-state index contributed by atoms with van der Waals surface area (Å²) in [6, 6.07) is 16.3. The topological polar surface area (TPSA) is 48.8 Å². The number of hydrogen-bond acceptors (Lipinski definition) is 5. The zero-order chi connectivity index (χ0) is 22.5. The number of aromatic nitrogens is 2. The molecule has 5 rings (SSSR count). The van der Waals surface area contributed by atoms with E-state index in [0.29, 0.717) is 19.8 Å². The number of anilines is 1. The lowest BCUT2D eigenvalue weighted by Gasteiger charge is -2.28. The van der Waals surface area contributed by atoms with E-state index in [1.54, 1.807) is 12.5 Å². The van der Waals surface area contributed by atoms with E-state index in [-0.39, 0.29) is 6.10 Å². The van der Waals surface area contributed by atoms with E-state index in [2.05, 4.69) is 40.2 Å². The highest BCUT2D eigenvalue weighted by atomic mass is 35.5. The van der Waals surface area contributed by atoms with E-state index in [1.165, 1.54) is 24.1 Å². The molecule has 2 fully saturated rings. The minimum atomic E-state index is -0.717. The van der Waals surface area contributed by atoms with Crippen LogP contribution in [0.5, 0.6) is 5.75 Å². The number of hydrogen-bond donors (Lipinski definition) is 0. The van der Waals surface area contributed by atoms with E-state index in [0.717, 1.165) is 36.7 Å². The number of nitrogens with zero attached hydrogens (tertiary/aromatic N) is 3. The van der Waals surface area contributed by atoms with E-state index in [1.807, 2.05) is 29.0 Å². The van der Waals surface area contributed by atoms with Gasteiger partial charge in [-0.05, 0) is 49.1 Å². The fourth-order valence-corrected chi connectivity index (χ4v) is 4.70. The van der Waals surface area contributed by atoms with Gasteiger partial charge < -0.3 is 23.7 Å². The molecule has 174 valence electrons. The summed E-state index contributed by atoms with van der Waals surface area (Å²) in [5.41, 5.74) is 2.43. The van der Waals surface area contributed by atoms with E-state index in [4.69, 9.17) is 25.8 Å². The lowest BCUT2D eigenvalue weighted by atomic mass is 10.0. The van der Waals surface area contributed by atoms with Gasteiger partial charge in [0.05, 0.1) is 19.5 Å². The summed E-state index contributed by atoms with van der Waals surface area (Å²) in [4.78, 5) is 6.58. The Kier molecular flexibility index (Phi) is 6.85. The van der Waals surface area contributed by atoms with Gasteiger partial charge in [-0.1, -0.05) is 29.8 Å². The van der Waals surface area contributed by atoms with Gasteiger partial charge in [-0.15, -0.1) is 0 Å². The number of ether oxygens (including phenoxy) is 3. The first-order chi connectivity index (χ1) is 16.2. The van der Waals surface area contributed by atoms with Crippen molar-refractivity contribution in [3.8, 4) is 5.75 Å². The lowest BCUT2D eigenvalue weighted by Crippen LogP contribution is -2.37. The third-order valence-corrected chi connectivity index (χ3v) is 6.58. The molecule has 1 aromatic heterocycles. The zero-order valence-electron chi connectivity index (χ0n) is 18.7. The number of rotatable bonds is 9. The Labute approximate surface area is 200 Å². The molecule has 0 bridgehead atoms. The molecule has 3 heterocycles. The van der Waals surface area contributed by atoms with E-state index >= 15 is 0 Å². The summed E-state index contributed by atoms with van der Waals surface area (Å²) in [7, 11) is 0. The van der Waals surface area contributed by atoms with Crippen LogP contribution < -0.4 is 9.64 Å². The van der Waals surface area contributed by atoms with Crippen LogP contribution in [-0.2, 0) is 22.4 Å². The van der Waals surface area contributed by atoms with Gasteiger partial charge in [-0.25, -0.2) is 4.98 Å². The average molecular weight is 468 g/mol. The Morgan fingerprint density at radius 3 is 2.76 bits per heavy atom. The van der Waals surface area contributed by atoms with Crippen molar-refractivity contribution in [3.05, 3.63) is 77.8 Å². The number of benzene rings is 2. The van der Waals surface area contributed by atoms with Crippen LogP contribution in [0.1, 0.15) is 24.8 Å².